The topological polar surface area (TPSA) is 44.5 Å². The van der Waals surface area contributed by atoms with Gasteiger partial charge in [0.15, 0.2) is 0 Å². The summed E-state index contributed by atoms with van der Waals surface area (Å²) in [5.74, 6) is 0.723. The Labute approximate surface area is 98.7 Å². The van der Waals surface area contributed by atoms with E-state index in [1.54, 1.807) is 0 Å². The van der Waals surface area contributed by atoms with Gasteiger partial charge in [0.2, 0.25) is 0 Å². The Morgan fingerprint density at radius 2 is 1.88 bits per heavy atom. The molecule has 0 bridgehead atoms. The van der Waals surface area contributed by atoms with E-state index in [0.717, 1.165) is 25.4 Å². The molecule has 1 heterocycles. The third kappa shape index (κ3) is 3.19. The molecule has 0 radical (unpaired) electrons. The predicted molar refractivity (Wildman–Crippen MR) is 64.3 cm³/mol. The minimum Gasteiger partial charge on any atom is -0.375 e. The summed E-state index contributed by atoms with van der Waals surface area (Å²) in [5, 5.41) is 0. The average molecular weight is 227 g/mol. The van der Waals surface area contributed by atoms with Crippen LogP contribution in [-0.4, -0.2) is 31.5 Å². The van der Waals surface area contributed by atoms with Gasteiger partial charge in [-0.25, -0.2) is 0 Å². The lowest BCUT2D eigenvalue weighted by molar-refractivity contribution is -0.0643. The molecule has 3 heteroatoms. The van der Waals surface area contributed by atoms with Gasteiger partial charge in [-0.1, -0.05) is 19.8 Å². The van der Waals surface area contributed by atoms with Crippen molar-refractivity contribution >= 4 is 0 Å². The summed E-state index contributed by atoms with van der Waals surface area (Å²) in [6.07, 6.45) is 8.50. The molecule has 2 aliphatic rings. The molecule has 1 aliphatic carbocycles. The number of rotatable bonds is 4. The molecule has 16 heavy (non-hydrogen) atoms. The third-order valence-electron chi connectivity index (χ3n) is 3.99. The van der Waals surface area contributed by atoms with Crippen LogP contribution in [0.2, 0.25) is 0 Å². The van der Waals surface area contributed by atoms with Crippen molar-refractivity contribution in [3.05, 3.63) is 0 Å². The zero-order valence-electron chi connectivity index (χ0n) is 10.4. The van der Waals surface area contributed by atoms with E-state index < -0.39 is 0 Å². The second-order valence-corrected chi connectivity index (χ2v) is 5.33. The van der Waals surface area contributed by atoms with E-state index >= 15 is 0 Å². The van der Waals surface area contributed by atoms with E-state index in [-0.39, 0.29) is 6.10 Å². The fourth-order valence-electron chi connectivity index (χ4n) is 2.84. The van der Waals surface area contributed by atoms with Crippen LogP contribution in [0.3, 0.4) is 0 Å². The standard InChI is InChI=1S/C13H25NO2/c1-10-4-2-3-5-13(10)15-9-12-7-6-11(8-14)16-12/h10-13H,2-9,14H2,1H3. The number of hydrogen-bond donors (Lipinski definition) is 1. The van der Waals surface area contributed by atoms with Crippen molar-refractivity contribution in [2.45, 2.75) is 63.8 Å². The first-order chi connectivity index (χ1) is 7.79. The second kappa shape index (κ2) is 5.99. The van der Waals surface area contributed by atoms with Gasteiger partial charge in [-0.2, -0.15) is 0 Å². The van der Waals surface area contributed by atoms with E-state index in [2.05, 4.69) is 6.92 Å². The molecule has 2 fully saturated rings. The van der Waals surface area contributed by atoms with Gasteiger partial charge in [0, 0.05) is 6.54 Å². The van der Waals surface area contributed by atoms with Gasteiger partial charge in [0.05, 0.1) is 24.9 Å². The van der Waals surface area contributed by atoms with Gasteiger partial charge >= 0.3 is 0 Å². The van der Waals surface area contributed by atoms with Crippen molar-refractivity contribution in [3.63, 3.8) is 0 Å². The van der Waals surface area contributed by atoms with Crippen LogP contribution in [0, 0.1) is 5.92 Å². The molecule has 0 aromatic carbocycles. The van der Waals surface area contributed by atoms with Crippen LogP contribution in [0.25, 0.3) is 0 Å². The monoisotopic (exact) mass is 227 g/mol. The lowest BCUT2D eigenvalue weighted by atomic mass is 9.88. The first kappa shape index (κ1) is 12.3. The minimum absolute atomic E-state index is 0.275. The molecule has 0 aromatic rings. The molecule has 4 atom stereocenters. The molecule has 1 saturated carbocycles. The number of ether oxygens (including phenoxy) is 2. The largest absolute Gasteiger partial charge is 0.375 e. The fraction of sp³-hybridized carbons (Fsp3) is 1.00. The molecule has 2 rings (SSSR count). The van der Waals surface area contributed by atoms with Gasteiger partial charge in [-0.05, 0) is 31.6 Å². The van der Waals surface area contributed by atoms with E-state index in [1.165, 1.54) is 25.7 Å². The number of hydrogen-bond acceptors (Lipinski definition) is 3. The minimum atomic E-state index is 0.275. The van der Waals surface area contributed by atoms with Crippen LogP contribution in [0.4, 0.5) is 0 Å². The predicted octanol–water partition coefficient (Wildman–Crippen LogP) is 2.09. The van der Waals surface area contributed by atoms with Crippen LogP contribution in [0.1, 0.15) is 45.4 Å². The summed E-state index contributed by atoms with van der Waals surface area (Å²) < 4.78 is 11.8. The lowest BCUT2D eigenvalue weighted by Crippen LogP contribution is -2.30. The van der Waals surface area contributed by atoms with E-state index in [4.69, 9.17) is 15.2 Å². The molecule has 94 valence electrons. The van der Waals surface area contributed by atoms with Crippen LogP contribution < -0.4 is 5.73 Å². The molecule has 0 spiro atoms. The highest BCUT2D eigenvalue weighted by Crippen LogP contribution is 2.27. The average Bonchev–Trinajstić information content (AvgIpc) is 2.76. The van der Waals surface area contributed by atoms with Crippen molar-refractivity contribution < 1.29 is 9.47 Å². The Kier molecular flexibility index (Phi) is 4.62. The smallest absolute Gasteiger partial charge is 0.0814 e. The summed E-state index contributed by atoms with van der Waals surface area (Å²) >= 11 is 0. The maximum absolute atomic E-state index is 6.01. The molecular formula is C13H25NO2. The van der Waals surface area contributed by atoms with Gasteiger partial charge < -0.3 is 15.2 Å². The highest BCUT2D eigenvalue weighted by Gasteiger charge is 2.27. The maximum atomic E-state index is 6.01. The Hall–Kier alpha value is -0.120. The van der Waals surface area contributed by atoms with Crippen molar-refractivity contribution in [1.82, 2.24) is 0 Å². The first-order valence-corrected chi connectivity index (χ1v) is 6.76. The zero-order valence-corrected chi connectivity index (χ0v) is 10.4. The highest BCUT2D eigenvalue weighted by atomic mass is 16.5. The molecule has 3 nitrogen and oxygen atoms in total. The molecule has 0 aromatic heterocycles. The third-order valence-corrected chi connectivity index (χ3v) is 3.99. The summed E-state index contributed by atoms with van der Waals surface area (Å²) in [5.41, 5.74) is 5.59. The zero-order chi connectivity index (χ0) is 11.4. The van der Waals surface area contributed by atoms with Crippen LogP contribution >= 0.6 is 0 Å². The molecule has 0 amide bonds. The van der Waals surface area contributed by atoms with Crippen molar-refractivity contribution in [2.24, 2.45) is 11.7 Å². The second-order valence-electron chi connectivity index (χ2n) is 5.33. The van der Waals surface area contributed by atoms with Gasteiger partial charge in [-0.15, -0.1) is 0 Å². The molecule has 2 N–H and O–H groups in total. The molecule has 1 saturated heterocycles. The van der Waals surface area contributed by atoms with Gasteiger partial charge in [0.1, 0.15) is 0 Å². The SMILES string of the molecule is CC1CCCCC1OCC1CCC(CN)O1. The number of nitrogens with two attached hydrogens (primary N) is 1. The van der Waals surface area contributed by atoms with Crippen LogP contribution in [-0.2, 0) is 9.47 Å². The van der Waals surface area contributed by atoms with E-state index in [1.807, 2.05) is 0 Å². The van der Waals surface area contributed by atoms with E-state index in [9.17, 15) is 0 Å². The summed E-state index contributed by atoms with van der Waals surface area (Å²) in [6.45, 7) is 3.73. The Bertz CT molecular complexity index is 210. The highest BCUT2D eigenvalue weighted by molar-refractivity contribution is 4.76. The van der Waals surface area contributed by atoms with Gasteiger partial charge in [0.25, 0.3) is 0 Å². The quantitative estimate of drug-likeness (QED) is 0.800. The Morgan fingerprint density at radius 3 is 2.56 bits per heavy atom. The van der Waals surface area contributed by atoms with Crippen molar-refractivity contribution in [1.29, 1.82) is 0 Å². The van der Waals surface area contributed by atoms with Crippen LogP contribution in [0.5, 0.6) is 0 Å². The summed E-state index contributed by atoms with van der Waals surface area (Å²) in [4.78, 5) is 0. The molecule has 4 unspecified atom stereocenters. The van der Waals surface area contributed by atoms with Gasteiger partial charge in [-0.3, -0.25) is 0 Å². The fourth-order valence-corrected chi connectivity index (χ4v) is 2.84. The molecular weight excluding hydrogens is 202 g/mol. The summed E-state index contributed by atoms with van der Waals surface area (Å²) in [7, 11) is 0. The summed E-state index contributed by atoms with van der Waals surface area (Å²) in [6, 6.07) is 0. The first-order valence-electron chi connectivity index (χ1n) is 6.76. The van der Waals surface area contributed by atoms with E-state index in [0.29, 0.717) is 18.8 Å². The molecule has 1 aliphatic heterocycles. The Morgan fingerprint density at radius 1 is 1.12 bits per heavy atom. The maximum Gasteiger partial charge on any atom is 0.0814 e. The normalized spacial score (nSPS) is 40.1. The van der Waals surface area contributed by atoms with Crippen molar-refractivity contribution in [2.75, 3.05) is 13.2 Å². The lowest BCUT2D eigenvalue weighted by Gasteiger charge is -2.29. The van der Waals surface area contributed by atoms with Crippen LogP contribution in [0.15, 0.2) is 0 Å². The van der Waals surface area contributed by atoms with Crippen molar-refractivity contribution in [3.8, 4) is 0 Å². The Balaban J connectivity index is 1.67.